The van der Waals surface area contributed by atoms with Gasteiger partial charge in [-0.05, 0) is 30.3 Å². The molecule has 2 N–H and O–H groups in total. The molecular formula is C13H10FN3O2S. The van der Waals surface area contributed by atoms with E-state index in [-0.39, 0.29) is 10.6 Å². The molecule has 0 atom stereocenters. The number of nitrogens with zero attached hydrogens (tertiary/aromatic N) is 1. The summed E-state index contributed by atoms with van der Waals surface area (Å²) in [5.74, 6) is -0.509. The summed E-state index contributed by atoms with van der Waals surface area (Å²) in [6.07, 6.45) is 2.93. The van der Waals surface area contributed by atoms with E-state index >= 15 is 0 Å². The summed E-state index contributed by atoms with van der Waals surface area (Å²) >= 11 is 0. The summed E-state index contributed by atoms with van der Waals surface area (Å²) in [4.78, 5) is 6.89. The minimum absolute atomic E-state index is 0.0739. The topological polar surface area (TPSA) is 74.8 Å². The third-order valence-electron chi connectivity index (χ3n) is 2.78. The van der Waals surface area contributed by atoms with Crippen molar-refractivity contribution in [2.24, 2.45) is 0 Å². The standard InChI is InChI=1S/C13H10FN3O2S/c14-9-3-1-4-10(7-9)17-20(18,19)12-8-16-13-11(12)5-2-6-15-13/h1-8,17H,(H,15,16). The molecule has 3 rings (SSSR count). The van der Waals surface area contributed by atoms with E-state index in [0.29, 0.717) is 11.0 Å². The number of hydrogen-bond donors (Lipinski definition) is 2. The van der Waals surface area contributed by atoms with Crippen LogP contribution in [0.5, 0.6) is 0 Å². The highest BCUT2D eigenvalue weighted by Crippen LogP contribution is 2.23. The van der Waals surface area contributed by atoms with Gasteiger partial charge in [-0.3, -0.25) is 4.72 Å². The van der Waals surface area contributed by atoms with Crippen molar-refractivity contribution in [3.05, 3.63) is 54.6 Å². The molecule has 0 aliphatic carbocycles. The molecule has 5 nitrogen and oxygen atoms in total. The molecule has 7 heteroatoms. The van der Waals surface area contributed by atoms with Crippen molar-refractivity contribution >= 4 is 26.7 Å². The summed E-state index contributed by atoms with van der Waals surface area (Å²) in [5.41, 5.74) is 0.648. The Morgan fingerprint density at radius 2 is 2.05 bits per heavy atom. The lowest BCUT2D eigenvalue weighted by Gasteiger charge is -2.06. The smallest absolute Gasteiger partial charge is 0.264 e. The number of rotatable bonds is 3. The van der Waals surface area contributed by atoms with Crippen LogP contribution >= 0.6 is 0 Å². The minimum Gasteiger partial charge on any atom is -0.345 e. The molecule has 0 bridgehead atoms. The van der Waals surface area contributed by atoms with Gasteiger partial charge in [0.25, 0.3) is 10.0 Å². The van der Waals surface area contributed by atoms with E-state index in [1.165, 1.54) is 24.4 Å². The van der Waals surface area contributed by atoms with Gasteiger partial charge in [0.05, 0.1) is 5.69 Å². The second kappa shape index (κ2) is 4.61. The SMILES string of the molecule is O=S(=O)(Nc1cccc(F)c1)c1c[nH]c2ncccc12. The number of anilines is 1. The van der Waals surface area contributed by atoms with Crippen molar-refractivity contribution in [1.29, 1.82) is 0 Å². The fourth-order valence-corrected chi connectivity index (χ4v) is 3.13. The normalized spacial score (nSPS) is 11.7. The van der Waals surface area contributed by atoms with Crippen LogP contribution in [-0.2, 0) is 10.0 Å². The van der Waals surface area contributed by atoms with Crippen LogP contribution in [0.25, 0.3) is 11.0 Å². The monoisotopic (exact) mass is 291 g/mol. The van der Waals surface area contributed by atoms with Crippen LogP contribution in [0.4, 0.5) is 10.1 Å². The zero-order chi connectivity index (χ0) is 14.2. The number of nitrogens with one attached hydrogen (secondary N) is 2. The van der Waals surface area contributed by atoms with Gasteiger partial charge in [-0.1, -0.05) is 6.07 Å². The molecule has 0 aliphatic rings. The number of aromatic nitrogens is 2. The summed E-state index contributed by atoms with van der Waals surface area (Å²) in [7, 11) is -3.80. The molecule has 0 amide bonds. The van der Waals surface area contributed by atoms with Gasteiger partial charge in [0, 0.05) is 17.8 Å². The molecule has 2 aromatic heterocycles. The molecule has 0 saturated carbocycles. The van der Waals surface area contributed by atoms with E-state index < -0.39 is 15.8 Å². The van der Waals surface area contributed by atoms with Crippen molar-refractivity contribution in [3.63, 3.8) is 0 Å². The van der Waals surface area contributed by atoms with Gasteiger partial charge in [-0.2, -0.15) is 0 Å². The van der Waals surface area contributed by atoms with E-state index in [2.05, 4.69) is 14.7 Å². The first-order valence-corrected chi connectivity index (χ1v) is 7.25. The fourth-order valence-electron chi connectivity index (χ4n) is 1.92. The molecule has 20 heavy (non-hydrogen) atoms. The number of pyridine rings is 1. The van der Waals surface area contributed by atoms with Crippen LogP contribution in [0.2, 0.25) is 0 Å². The highest BCUT2D eigenvalue weighted by Gasteiger charge is 2.19. The van der Waals surface area contributed by atoms with E-state index in [1.807, 2.05) is 0 Å². The number of fused-ring (bicyclic) bond motifs is 1. The quantitative estimate of drug-likeness (QED) is 0.778. The Bertz CT molecular complexity index is 874. The fraction of sp³-hybridized carbons (Fsp3) is 0. The zero-order valence-corrected chi connectivity index (χ0v) is 11.0. The van der Waals surface area contributed by atoms with Crippen LogP contribution in [-0.4, -0.2) is 18.4 Å². The molecule has 0 saturated heterocycles. The molecule has 1 aromatic carbocycles. The second-order valence-corrected chi connectivity index (χ2v) is 5.82. The van der Waals surface area contributed by atoms with Gasteiger partial charge < -0.3 is 4.98 Å². The number of halogens is 1. The summed E-state index contributed by atoms with van der Waals surface area (Å²) in [6.45, 7) is 0. The lowest BCUT2D eigenvalue weighted by atomic mass is 10.3. The number of hydrogen-bond acceptors (Lipinski definition) is 3. The molecule has 3 aromatic rings. The first kappa shape index (κ1) is 12.6. The van der Waals surface area contributed by atoms with Crippen molar-refractivity contribution in [2.75, 3.05) is 4.72 Å². The minimum atomic E-state index is -3.80. The molecule has 0 unspecified atom stereocenters. The van der Waals surface area contributed by atoms with Crippen LogP contribution in [0.15, 0.2) is 53.7 Å². The van der Waals surface area contributed by atoms with Crippen LogP contribution in [0.3, 0.4) is 0 Å². The predicted octanol–water partition coefficient (Wildman–Crippen LogP) is 2.50. The summed E-state index contributed by atoms with van der Waals surface area (Å²) < 4.78 is 40.0. The largest absolute Gasteiger partial charge is 0.345 e. The number of H-pyrrole nitrogens is 1. The average Bonchev–Trinajstić information content (AvgIpc) is 2.82. The highest BCUT2D eigenvalue weighted by molar-refractivity contribution is 7.93. The molecule has 0 radical (unpaired) electrons. The maximum atomic E-state index is 13.1. The Hall–Kier alpha value is -2.41. The van der Waals surface area contributed by atoms with E-state index in [4.69, 9.17) is 0 Å². The average molecular weight is 291 g/mol. The third kappa shape index (κ3) is 2.23. The Morgan fingerprint density at radius 1 is 1.20 bits per heavy atom. The van der Waals surface area contributed by atoms with Crippen LogP contribution in [0, 0.1) is 5.82 Å². The van der Waals surface area contributed by atoms with Crippen LogP contribution in [0.1, 0.15) is 0 Å². The first-order valence-electron chi connectivity index (χ1n) is 5.77. The summed E-state index contributed by atoms with van der Waals surface area (Å²) in [6, 6.07) is 8.58. The third-order valence-corrected chi connectivity index (χ3v) is 4.20. The molecular weight excluding hydrogens is 281 g/mol. The van der Waals surface area contributed by atoms with Crippen molar-refractivity contribution < 1.29 is 12.8 Å². The highest BCUT2D eigenvalue weighted by atomic mass is 32.2. The van der Waals surface area contributed by atoms with Crippen molar-refractivity contribution in [3.8, 4) is 0 Å². The van der Waals surface area contributed by atoms with Gasteiger partial charge in [0.2, 0.25) is 0 Å². The second-order valence-electron chi connectivity index (χ2n) is 4.17. The molecule has 102 valence electrons. The van der Waals surface area contributed by atoms with Crippen LogP contribution < -0.4 is 4.72 Å². The number of aromatic amines is 1. The van der Waals surface area contributed by atoms with E-state index in [1.54, 1.807) is 18.3 Å². The van der Waals surface area contributed by atoms with E-state index in [9.17, 15) is 12.8 Å². The lowest BCUT2D eigenvalue weighted by Crippen LogP contribution is -2.12. The Kier molecular flexibility index (Phi) is 2.90. The first-order chi connectivity index (χ1) is 9.56. The molecule has 0 spiro atoms. The lowest BCUT2D eigenvalue weighted by molar-refractivity contribution is 0.602. The van der Waals surface area contributed by atoms with Gasteiger partial charge in [0.1, 0.15) is 16.4 Å². The Balaban J connectivity index is 2.04. The van der Waals surface area contributed by atoms with Gasteiger partial charge in [-0.25, -0.2) is 17.8 Å². The Morgan fingerprint density at radius 3 is 2.85 bits per heavy atom. The van der Waals surface area contributed by atoms with Crippen molar-refractivity contribution in [1.82, 2.24) is 9.97 Å². The zero-order valence-electron chi connectivity index (χ0n) is 10.2. The number of benzene rings is 1. The number of sulfonamides is 1. The summed E-state index contributed by atoms with van der Waals surface area (Å²) in [5, 5.41) is 0.483. The Labute approximate surface area is 114 Å². The molecule has 0 aliphatic heterocycles. The predicted molar refractivity (Wildman–Crippen MR) is 73.3 cm³/mol. The van der Waals surface area contributed by atoms with Crippen molar-refractivity contribution in [2.45, 2.75) is 4.90 Å². The van der Waals surface area contributed by atoms with Gasteiger partial charge in [0.15, 0.2) is 0 Å². The molecule has 0 fully saturated rings. The van der Waals surface area contributed by atoms with E-state index in [0.717, 1.165) is 6.07 Å². The maximum Gasteiger partial charge on any atom is 0.264 e. The molecule has 2 heterocycles. The van der Waals surface area contributed by atoms with Gasteiger partial charge in [-0.15, -0.1) is 0 Å². The maximum absolute atomic E-state index is 13.1. The van der Waals surface area contributed by atoms with Gasteiger partial charge >= 0.3 is 0 Å².